The molecule has 1 unspecified atom stereocenters. The Morgan fingerprint density at radius 3 is 3.00 bits per heavy atom. The molecule has 0 saturated carbocycles. The van der Waals surface area contributed by atoms with Gasteiger partial charge in [0, 0.05) is 18.1 Å². The Morgan fingerprint density at radius 2 is 2.24 bits per heavy atom. The van der Waals surface area contributed by atoms with Crippen LogP contribution in [0.4, 0.5) is 0 Å². The smallest absolute Gasteiger partial charge is 0.0512 e. The topological polar surface area (TPSA) is 30.9 Å². The van der Waals surface area contributed by atoms with Gasteiger partial charge < -0.3 is 10.3 Å². The van der Waals surface area contributed by atoms with Crippen LogP contribution >= 0.6 is 0 Å². The molecule has 17 heavy (non-hydrogen) atoms. The third-order valence-electron chi connectivity index (χ3n) is 4.27. The Labute approximate surface area is 102 Å². The van der Waals surface area contributed by atoms with E-state index < -0.39 is 0 Å². The normalized spacial score (nSPS) is 19.6. The van der Waals surface area contributed by atoms with E-state index in [1.54, 1.807) is 5.56 Å². The second-order valence-corrected chi connectivity index (χ2v) is 5.30. The summed E-state index contributed by atoms with van der Waals surface area (Å²) in [7, 11) is 2.21. The highest BCUT2D eigenvalue weighted by molar-refractivity contribution is 5.88. The Hall–Kier alpha value is -1.28. The predicted molar refractivity (Wildman–Crippen MR) is 72.2 cm³/mol. The maximum atomic E-state index is 5.83. The standard InChI is InChI=1S/C15H20N2/c1-10-4-3-5-12-13-8-11(9-16)6-7-14(13)17(2)15(10)12/h3-5,11H,6-9,16H2,1-2H3. The van der Waals surface area contributed by atoms with E-state index in [1.807, 2.05) is 0 Å². The number of nitrogens with zero attached hydrogens (tertiary/aromatic N) is 1. The molecule has 2 aromatic rings. The van der Waals surface area contributed by atoms with Crippen molar-refractivity contribution in [3.63, 3.8) is 0 Å². The van der Waals surface area contributed by atoms with E-state index in [2.05, 4.69) is 36.7 Å². The molecule has 0 spiro atoms. The zero-order valence-corrected chi connectivity index (χ0v) is 10.7. The van der Waals surface area contributed by atoms with Crippen molar-refractivity contribution in [2.75, 3.05) is 6.54 Å². The second kappa shape index (κ2) is 3.88. The van der Waals surface area contributed by atoms with E-state index in [1.165, 1.54) is 35.0 Å². The highest BCUT2D eigenvalue weighted by Crippen LogP contribution is 2.34. The van der Waals surface area contributed by atoms with Crippen LogP contribution in [0.5, 0.6) is 0 Å². The van der Waals surface area contributed by atoms with E-state index in [-0.39, 0.29) is 0 Å². The summed E-state index contributed by atoms with van der Waals surface area (Å²) in [5.41, 5.74) is 11.7. The number of hydrogen-bond donors (Lipinski definition) is 1. The molecule has 0 fully saturated rings. The van der Waals surface area contributed by atoms with Crippen molar-refractivity contribution in [3.8, 4) is 0 Å². The summed E-state index contributed by atoms with van der Waals surface area (Å²) < 4.78 is 2.40. The van der Waals surface area contributed by atoms with Gasteiger partial charge in [0.1, 0.15) is 0 Å². The quantitative estimate of drug-likeness (QED) is 0.799. The van der Waals surface area contributed by atoms with E-state index in [4.69, 9.17) is 5.73 Å². The molecule has 0 bridgehead atoms. The van der Waals surface area contributed by atoms with Crippen LogP contribution in [0.15, 0.2) is 18.2 Å². The van der Waals surface area contributed by atoms with Crippen LogP contribution in [0.3, 0.4) is 0 Å². The van der Waals surface area contributed by atoms with Crippen LogP contribution in [0.2, 0.25) is 0 Å². The van der Waals surface area contributed by atoms with Crippen molar-refractivity contribution in [2.45, 2.75) is 26.2 Å². The van der Waals surface area contributed by atoms with Crippen molar-refractivity contribution >= 4 is 10.9 Å². The van der Waals surface area contributed by atoms with E-state index in [9.17, 15) is 0 Å². The van der Waals surface area contributed by atoms with Crippen LogP contribution in [0, 0.1) is 12.8 Å². The van der Waals surface area contributed by atoms with E-state index in [0.717, 1.165) is 13.0 Å². The lowest BCUT2D eigenvalue weighted by molar-refractivity contribution is 0.462. The van der Waals surface area contributed by atoms with Crippen LogP contribution in [0.25, 0.3) is 10.9 Å². The van der Waals surface area contributed by atoms with Crippen molar-refractivity contribution in [1.82, 2.24) is 4.57 Å². The molecule has 3 rings (SSSR count). The SMILES string of the molecule is Cc1cccc2c3c(n(C)c12)CCC(CN)C3. The van der Waals surface area contributed by atoms with Gasteiger partial charge in [0.2, 0.25) is 0 Å². The third-order valence-corrected chi connectivity index (χ3v) is 4.27. The van der Waals surface area contributed by atoms with Gasteiger partial charge in [-0.15, -0.1) is 0 Å². The fraction of sp³-hybridized carbons (Fsp3) is 0.467. The molecule has 0 amide bonds. The highest BCUT2D eigenvalue weighted by Gasteiger charge is 2.23. The number of para-hydroxylation sites is 1. The van der Waals surface area contributed by atoms with Gasteiger partial charge >= 0.3 is 0 Å². The lowest BCUT2D eigenvalue weighted by Crippen LogP contribution is -2.22. The summed E-state index contributed by atoms with van der Waals surface area (Å²) in [6.45, 7) is 3.02. The number of benzene rings is 1. The van der Waals surface area contributed by atoms with Crippen molar-refractivity contribution in [2.24, 2.45) is 18.7 Å². The number of fused-ring (bicyclic) bond motifs is 3. The summed E-state index contributed by atoms with van der Waals surface area (Å²) in [6.07, 6.45) is 3.58. The van der Waals surface area contributed by atoms with Gasteiger partial charge in [-0.3, -0.25) is 0 Å². The molecule has 90 valence electrons. The van der Waals surface area contributed by atoms with Crippen LogP contribution in [0.1, 0.15) is 23.2 Å². The minimum Gasteiger partial charge on any atom is -0.347 e. The van der Waals surface area contributed by atoms with E-state index >= 15 is 0 Å². The molecule has 1 aromatic heterocycles. The van der Waals surface area contributed by atoms with Gasteiger partial charge in [0.25, 0.3) is 0 Å². The summed E-state index contributed by atoms with van der Waals surface area (Å²) in [5, 5.41) is 1.45. The molecule has 2 nitrogen and oxygen atoms in total. The van der Waals surface area contributed by atoms with Crippen LogP contribution < -0.4 is 5.73 Å². The van der Waals surface area contributed by atoms with Crippen LogP contribution in [-0.4, -0.2) is 11.1 Å². The van der Waals surface area contributed by atoms with Gasteiger partial charge in [-0.05, 0) is 49.8 Å². The first kappa shape index (κ1) is 10.8. The average Bonchev–Trinajstić information content (AvgIpc) is 2.64. The molecule has 0 radical (unpaired) electrons. The minimum atomic E-state index is 0.675. The van der Waals surface area contributed by atoms with Gasteiger partial charge in [0.05, 0.1) is 5.52 Å². The molecule has 1 atom stereocenters. The lowest BCUT2D eigenvalue weighted by Gasteiger charge is -2.21. The zero-order valence-electron chi connectivity index (χ0n) is 10.7. The maximum Gasteiger partial charge on any atom is 0.0512 e. The van der Waals surface area contributed by atoms with Crippen molar-refractivity contribution in [1.29, 1.82) is 0 Å². The Morgan fingerprint density at radius 1 is 1.41 bits per heavy atom. The Balaban J connectivity index is 2.26. The first-order valence-electron chi connectivity index (χ1n) is 6.48. The highest BCUT2D eigenvalue weighted by atomic mass is 15.0. The maximum absolute atomic E-state index is 5.83. The fourth-order valence-corrected chi connectivity index (χ4v) is 3.32. The van der Waals surface area contributed by atoms with Crippen molar-refractivity contribution < 1.29 is 0 Å². The molecule has 2 heteroatoms. The first-order valence-corrected chi connectivity index (χ1v) is 6.48. The molecule has 0 saturated heterocycles. The number of aromatic nitrogens is 1. The summed E-state index contributed by atoms with van der Waals surface area (Å²) in [5.74, 6) is 0.675. The molecule has 1 aromatic carbocycles. The van der Waals surface area contributed by atoms with Gasteiger partial charge in [-0.1, -0.05) is 18.2 Å². The molecule has 0 aliphatic heterocycles. The third kappa shape index (κ3) is 1.51. The monoisotopic (exact) mass is 228 g/mol. The Kier molecular flexibility index (Phi) is 2.48. The summed E-state index contributed by atoms with van der Waals surface area (Å²) in [4.78, 5) is 0. The molecule has 2 N–H and O–H groups in total. The van der Waals surface area contributed by atoms with E-state index in [0.29, 0.717) is 5.92 Å². The van der Waals surface area contributed by atoms with Crippen LogP contribution in [-0.2, 0) is 19.9 Å². The summed E-state index contributed by atoms with van der Waals surface area (Å²) in [6, 6.07) is 6.64. The molecular formula is C15H20N2. The lowest BCUT2D eigenvalue weighted by atomic mass is 9.86. The fourth-order valence-electron chi connectivity index (χ4n) is 3.32. The predicted octanol–water partition coefficient (Wildman–Crippen LogP) is 2.55. The number of rotatable bonds is 1. The largest absolute Gasteiger partial charge is 0.347 e. The number of aryl methyl sites for hydroxylation is 2. The average molecular weight is 228 g/mol. The summed E-state index contributed by atoms with van der Waals surface area (Å²) >= 11 is 0. The molecule has 1 aliphatic rings. The van der Waals surface area contributed by atoms with Gasteiger partial charge in [0.15, 0.2) is 0 Å². The minimum absolute atomic E-state index is 0.675. The number of nitrogens with two attached hydrogens (primary N) is 1. The Bertz CT molecular complexity index is 566. The molecular weight excluding hydrogens is 208 g/mol. The van der Waals surface area contributed by atoms with Gasteiger partial charge in [-0.25, -0.2) is 0 Å². The zero-order chi connectivity index (χ0) is 12.0. The van der Waals surface area contributed by atoms with Gasteiger partial charge in [-0.2, -0.15) is 0 Å². The number of hydrogen-bond acceptors (Lipinski definition) is 1. The molecule has 1 heterocycles. The second-order valence-electron chi connectivity index (χ2n) is 5.30. The van der Waals surface area contributed by atoms with Crippen molar-refractivity contribution in [3.05, 3.63) is 35.0 Å². The first-order chi connectivity index (χ1) is 8.22. The molecule has 1 aliphatic carbocycles.